The molecule has 1 aromatic heterocycles. The van der Waals surface area contributed by atoms with Crippen molar-refractivity contribution < 1.29 is 32.9 Å². The molecule has 2 aliphatic heterocycles. The monoisotopic (exact) mass is 362 g/mol. The molecule has 1 unspecified atom stereocenters. The SMILES string of the molecule is CO[C@@H]1[C@@H]2OC(=O)O[C@@H]2C(Oc2cccc3ccc(=O)oc23)OC1(C)C. The van der Waals surface area contributed by atoms with Gasteiger partial charge in [-0.25, -0.2) is 9.59 Å². The molecule has 2 saturated heterocycles. The first-order valence-corrected chi connectivity index (χ1v) is 8.16. The van der Waals surface area contributed by atoms with Gasteiger partial charge in [-0.2, -0.15) is 0 Å². The quantitative estimate of drug-likeness (QED) is 0.606. The molecule has 0 bridgehead atoms. The summed E-state index contributed by atoms with van der Waals surface area (Å²) in [4.78, 5) is 23.2. The third-order valence-corrected chi connectivity index (χ3v) is 4.57. The van der Waals surface area contributed by atoms with Gasteiger partial charge in [-0.05, 0) is 26.0 Å². The van der Waals surface area contributed by atoms with E-state index in [4.69, 9.17) is 28.1 Å². The first kappa shape index (κ1) is 16.9. The number of ether oxygens (including phenoxy) is 5. The molecule has 2 fully saturated rings. The first-order chi connectivity index (χ1) is 12.4. The molecule has 0 N–H and O–H groups in total. The van der Waals surface area contributed by atoms with Gasteiger partial charge in [0.25, 0.3) is 0 Å². The third kappa shape index (κ3) is 2.71. The summed E-state index contributed by atoms with van der Waals surface area (Å²) in [5.74, 6) is 0.304. The summed E-state index contributed by atoms with van der Waals surface area (Å²) in [5.41, 5.74) is -1.01. The largest absolute Gasteiger partial charge is 0.509 e. The van der Waals surface area contributed by atoms with Crippen molar-refractivity contribution in [2.75, 3.05) is 7.11 Å². The number of hydrogen-bond donors (Lipinski definition) is 0. The van der Waals surface area contributed by atoms with Gasteiger partial charge in [-0.1, -0.05) is 12.1 Å². The second kappa shape index (κ2) is 6.00. The summed E-state index contributed by atoms with van der Waals surface area (Å²) in [6, 6.07) is 8.18. The fourth-order valence-electron chi connectivity index (χ4n) is 3.45. The molecule has 0 radical (unpaired) electrons. The summed E-state index contributed by atoms with van der Waals surface area (Å²) < 4.78 is 33.1. The van der Waals surface area contributed by atoms with Crippen LogP contribution in [0.15, 0.2) is 39.5 Å². The van der Waals surface area contributed by atoms with Gasteiger partial charge >= 0.3 is 11.8 Å². The molecule has 0 amide bonds. The van der Waals surface area contributed by atoms with Gasteiger partial charge < -0.3 is 28.1 Å². The van der Waals surface area contributed by atoms with Crippen LogP contribution in [-0.2, 0) is 18.9 Å². The number of methoxy groups -OCH3 is 1. The highest BCUT2D eigenvalue weighted by molar-refractivity contribution is 5.82. The smallest absolute Gasteiger partial charge is 0.457 e. The molecule has 8 heteroatoms. The van der Waals surface area contributed by atoms with Crippen molar-refractivity contribution in [3.05, 3.63) is 40.8 Å². The average molecular weight is 362 g/mol. The number of hydrogen-bond acceptors (Lipinski definition) is 8. The lowest BCUT2D eigenvalue weighted by Gasteiger charge is -2.44. The Bertz CT molecular complexity index is 901. The standard InChI is InChI=1S/C18H18O8/c1-18(2)15(21-3)13-14(25-17(20)24-13)16(26-18)22-10-6-4-5-9-7-8-11(19)23-12(9)10/h4-8,13-16H,1-3H3/t13-,14+,15-,16?/m1/s1. The van der Waals surface area contributed by atoms with Crippen LogP contribution in [0.25, 0.3) is 11.0 Å². The zero-order valence-corrected chi connectivity index (χ0v) is 14.5. The molecule has 0 aliphatic carbocycles. The molecule has 0 saturated carbocycles. The van der Waals surface area contributed by atoms with Crippen LogP contribution in [-0.4, -0.2) is 43.5 Å². The lowest BCUT2D eigenvalue weighted by Crippen LogP contribution is -2.62. The lowest BCUT2D eigenvalue weighted by molar-refractivity contribution is -0.282. The van der Waals surface area contributed by atoms with Crippen molar-refractivity contribution in [1.82, 2.24) is 0 Å². The minimum absolute atomic E-state index is 0.289. The predicted molar refractivity (Wildman–Crippen MR) is 88.0 cm³/mol. The zero-order valence-electron chi connectivity index (χ0n) is 14.5. The molecule has 4 rings (SSSR count). The molecule has 3 heterocycles. The molecule has 8 nitrogen and oxygen atoms in total. The molecule has 138 valence electrons. The highest BCUT2D eigenvalue weighted by Gasteiger charge is 2.58. The van der Waals surface area contributed by atoms with E-state index in [1.165, 1.54) is 13.2 Å². The molecule has 2 aliphatic rings. The van der Waals surface area contributed by atoms with Crippen LogP contribution in [0.1, 0.15) is 13.8 Å². The van der Waals surface area contributed by atoms with Gasteiger partial charge in [0.2, 0.25) is 12.4 Å². The van der Waals surface area contributed by atoms with Crippen LogP contribution in [0.2, 0.25) is 0 Å². The van der Waals surface area contributed by atoms with E-state index < -0.39 is 42.0 Å². The van der Waals surface area contributed by atoms with E-state index in [0.717, 1.165) is 0 Å². The topological polar surface area (TPSA) is 93.4 Å². The Morgan fingerprint density at radius 1 is 1.04 bits per heavy atom. The fraction of sp³-hybridized carbons (Fsp3) is 0.444. The van der Waals surface area contributed by atoms with E-state index >= 15 is 0 Å². The highest BCUT2D eigenvalue weighted by Crippen LogP contribution is 2.39. The van der Waals surface area contributed by atoms with E-state index in [1.807, 2.05) is 13.8 Å². The molecule has 26 heavy (non-hydrogen) atoms. The Morgan fingerprint density at radius 2 is 1.81 bits per heavy atom. The van der Waals surface area contributed by atoms with E-state index in [0.29, 0.717) is 11.1 Å². The number of fused-ring (bicyclic) bond motifs is 2. The molecule has 0 spiro atoms. The highest BCUT2D eigenvalue weighted by atomic mass is 16.8. The fourth-order valence-corrected chi connectivity index (χ4v) is 3.45. The predicted octanol–water partition coefficient (Wildman–Crippen LogP) is 2.23. The van der Waals surface area contributed by atoms with E-state index in [-0.39, 0.29) is 5.58 Å². The first-order valence-electron chi connectivity index (χ1n) is 8.16. The minimum Gasteiger partial charge on any atom is -0.457 e. The zero-order chi connectivity index (χ0) is 18.5. The Balaban J connectivity index is 1.71. The summed E-state index contributed by atoms with van der Waals surface area (Å²) >= 11 is 0. The van der Waals surface area contributed by atoms with Crippen molar-refractivity contribution in [3.63, 3.8) is 0 Å². The number of benzene rings is 1. The molecule has 4 atom stereocenters. The molecule has 2 aromatic rings. The number of carbonyl (C=O) groups excluding carboxylic acids is 1. The summed E-state index contributed by atoms with van der Waals surface area (Å²) in [6.07, 6.45) is -3.77. The van der Waals surface area contributed by atoms with E-state index in [1.54, 1.807) is 24.3 Å². The van der Waals surface area contributed by atoms with Crippen LogP contribution in [0.5, 0.6) is 5.75 Å². The van der Waals surface area contributed by atoms with Gasteiger partial charge in [-0.15, -0.1) is 0 Å². The van der Waals surface area contributed by atoms with Crippen LogP contribution in [0.4, 0.5) is 4.79 Å². The normalized spacial score (nSPS) is 29.7. The maximum Gasteiger partial charge on any atom is 0.509 e. The Kier molecular flexibility index (Phi) is 3.89. The Hall–Kier alpha value is -2.58. The van der Waals surface area contributed by atoms with E-state index in [2.05, 4.69) is 0 Å². The average Bonchev–Trinajstić information content (AvgIpc) is 2.96. The number of para-hydroxylation sites is 1. The third-order valence-electron chi connectivity index (χ3n) is 4.57. The lowest BCUT2D eigenvalue weighted by atomic mass is 9.89. The maximum absolute atomic E-state index is 11.7. The van der Waals surface area contributed by atoms with Gasteiger partial charge in [0.05, 0.1) is 5.60 Å². The van der Waals surface area contributed by atoms with Crippen molar-refractivity contribution in [1.29, 1.82) is 0 Å². The van der Waals surface area contributed by atoms with Crippen molar-refractivity contribution in [2.24, 2.45) is 0 Å². The number of carbonyl (C=O) groups is 1. The van der Waals surface area contributed by atoms with Crippen LogP contribution in [0, 0.1) is 0 Å². The molecule has 1 aromatic carbocycles. The minimum atomic E-state index is -0.955. The number of rotatable bonds is 3. The van der Waals surface area contributed by atoms with Crippen molar-refractivity contribution in [2.45, 2.75) is 44.1 Å². The Morgan fingerprint density at radius 3 is 2.58 bits per heavy atom. The molecular formula is C18H18O8. The second-order valence-corrected chi connectivity index (χ2v) is 6.71. The van der Waals surface area contributed by atoms with Gasteiger partial charge in [0.1, 0.15) is 6.10 Å². The van der Waals surface area contributed by atoms with Crippen molar-refractivity contribution >= 4 is 17.1 Å². The van der Waals surface area contributed by atoms with E-state index in [9.17, 15) is 9.59 Å². The van der Waals surface area contributed by atoms with Crippen molar-refractivity contribution in [3.8, 4) is 5.75 Å². The van der Waals surface area contributed by atoms with Crippen LogP contribution >= 0.6 is 0 Å². The summed E-state index contributed by atoms with van der Waals surface area (Å²) in [5, 5.41) is 0.697. The summed E-state index contributed by atoms with van der Waals surface area (Å²) in [6.45, 7) is 3.62. The second-order valence-electron chi connectivity index (χ2n) is 6.71. The van der Waals surface area contributed by atoms with Gasteiger partial charge in [0.15, 0.2) is 17.4 Å². The van der Waals surface area contributed by atoms with Gasteiger partial charge in [0, 0.05) is 18.6 Å². The maximum atomic E-state index is 11.7. The van der Waals surface area contributed by atoms with Gasteiger partial charge in [-0.3, -0.25) is 0 Å². The summed E-state index contributed by atoms with van der Waals surface area (Å²) in [7, 11) is 1.51. The van der Waals surface area contributed by atoms with Crippen LogP contribution < -0.4 is 10.4 Å². The Labute approximate surface area is 148 Å². The van der Waals surface area contributed by atoms with Crippen LogP contribution in [0.3, 0.4) is 0 Å². The molecular weight excluding hydrogens is 344 g/mol.